The Kier molecular flexibility index (Phi) is 4.38. The summed E-state index contributed by atoms with van der Waals surface area (Å²) < 4.78 is 1.57. The van der Waals surface area contributed by atoms with E-state index in [1.54, 1.807) is 23.0 Å². The van der Waals surface area contributed by atoms with Crippen molar-refractivity contribution in [3.63, 3.8) is 0 Å². The van der Waals surface area contributed by atoms with E-state index < -0.39 is 0 Å². The molecule has 0 amide bonds. The quantitative estimate of drug-likeness (QED) is 0.841. The van der Waals surface area contributed by atoms with Crippen LogP contribution in [0.3, 0.4) is 0 Å². The Bertz CT molecular complexity index is 738. The fraction of sp³-hybridized carbons (Fsp3) is 0.556. The summed E-state index contributed by atoms with van der Waals surface area (Å²) in [5, 5.41) is 4.18. The first-order valence-corrected chi connectivity index (χ1v) is 8.86. The number of hydrogen-bond acceptors (Lipinski definition) is 5. The highest BCUT2D eigenvalue weighted by atomic mass is 16.1. The van der Waals surface area contributed by atoms with Gasteiger partial charge in [-0.05, 0) is 38.3 Å². The molecule has 4 rings (SSSR count). The minimum absolute atomic E-state index is 0.0301. The Labute approximate surface area is 141 Å². The van der Waals surface area contributed by atoms with Gasteiger partial charge in [-0.3, -0.25) is 9.69 Å². The topological polar surface area (TPSA) is 63.9 Å². The summed E-state index contributed by atoms with van der Waals surface area (Å²) in [7, 11) is 0. The van der Waals surface area contributed by atoms with E-state index >= 15 is 0 Å². The standard InChI is InChI=1S/C18H23N5O/c24-17-7-2-8-21-23(17)13-16-6-3-9-22(16)12-14-10-19-18(20-11-14)15-4-1-5-15/h2,7-8,10-11,15-16H,1,3-6,9,12-13H2. The zero-order valence-corrected chi connectivity index (χ0v) is 13.8. The summed E-state index contributed by atoms with van der Waals surface area (Å²) in [6.45, 7) is 2.55. The number of rotatable bonds is 5. The zero-order valence-electron chi connectivity index (χ0n) is 13.8. The van der Waals surface area contributed by atoms with Gasteiger partial charge in [-0.15, -0.1) is 0 Å². The molecule has 1 saturated heterocycles. The fourth-order valence-electron chi connectivity index (χ4n) is 3.59. The molecule has 1 saturated carbocycles. The van der Waals surface area contributed by atoms with Crippen molar-refractivity contribution in [2.75, 3.05) is 6.54 Å². The molecule has 2 aromatic rings. The van der Waals surface area contributed by atoms with Gasteiger partial charge >= 0.3 is 0 Å². The van der Waals surface area contributed by atoms with Crippen LogP contribution in [0, 0.1) is 0 Å². The average molecular weight is 325 g/mol. The third-order valence-corrected chi connectivity index (χ3v) is 5.25. The van der Waals surface area contributed by atoms with Gasteiger partial charge in [-0.25, -0.2) is 14.6 Å². The van der Waals surface area contributed by atoms with Gasteiger partial charge in [0.1, 0.15) is 5.82 Å². The molecule has 2 aromatic heterocycles. The van der Waals surface area contributed by atoms with Crippen molar-refractivity contribution < 1.29 is 0 Å². The van der Waals surface area contributed by atoms with E-state index in [1.807, 2.05) is 12.4 Å². The van der Waals surface area contributed by atoms with Crippen LogP contribution in [0.15, 0.2) is 35.5 Å². The van der Waals surface area contributed by atoms with Crippen molar-refractivity contribution >= 4 is 0 Å². The predicted molar refractivity (Wildman–Crippen MR) is 90.6 cm³/mol. The molecule has 1 aliphatic heterocycles. The van der Waals surface area contributed by atoms with Crippen molar-refractivity contribution in [1.29, 1.82) is 0 Å². The highest BCUT2D eigenvalue weighted by molar-refractivity contribution is 5.09. The first-order valence-electron chi connectivity index (χ1n) is 8.86. The third-order valence-electron chi connectivity index (χ3n) is 5.25. The first kappa shape index (κ1) is 15.4. The van der Waals surface area contributed by atoms with Gasteiger partial charge in [0.25, 0.3) is 5.56 Å². The Morgan fingerprint density at radius 1 is 1.12 bits per heavy atom. The molecular weight excluding hydrogens is 302 g/mol. The summed E-state index contributed by atoms with van der Waals surface area (Å²) in [5.41, 5.74) is 1.12. The molecule has 1 aliphatic carbocycles. The second kappa shape index (κ2) is 6.81. The minimum atomic E-state index is -0.0301. The molecule has 6 heteroatoms. The van der Waals surface area contributed by atoms with Gasteiger partial charge < -0.3 is 0 Å². The average Bonchev–Trinajstić information content (AvgIpc) is 2.97. The lowest BCUT2D eigenvalue weighted by Gasteiger charge is -2.25. The first-order chi connectivity index (χ1) is 11.8. The Balaban J connectivity index is 1.41. The highest BCUT2D eigenvalue weighted by Gasteiger charge is 2.26. The van der Waals surface area contributed by atoms with Crippen molar-refractivity contribution in [2.24, 2.45) is 0 Å². The Morgan fingerprint density at radius 3 is 2.67 bits per heavy atom. The van der Waals surface area contributed by atoms with E-state index in [1.165, 1.54) is 19.3 Å². The second-order valence-corrected chi connectivity index (χ2v) is 6.89. The molecule has 126 valence electrons. The lowest BCUT2D eigenvalue weighted by atomic mass is 9.85. The molecule has 3 heterocycles. The van der Waals surface area contributed by atoms with Gasteiger partial charge in [0.05, 0.1) is 6.54 Å². The van der Waals surface area contributed by atoms with Crippen molar-refractivity contribution in [2.45, 2.75) is 57.2 Å². The molecule has 2 fully saturated rings. The number of nitrogens with zero attached hydrogens (tertiary/aromatic N) is 5. The maximum absolute atomic E-state index is 11.9. The van der Waals surface area contributed by atoms with Gasteiger partial charge in [0, 0.05) is 48.7 Å². The van der Waals surface area contributed by atoms with Crippen LogP contribution < -0.4 is 5.56 Å². The molecule has 0 N–H and O–H groups in total. The minimum Gasteiger partial charge on any atom is -0.294 e. The van der Waals surface area contributed by atoms with Crippen molar-refractivity contribution in [3.05, 3.63) is 52.5 Å². The molecule has 0 aromatic carbocycles. The number of likely N-dealkylation sites (tertiary alicyclic amines) is 1. The molecular formula is C18H23N5O. The van der Waals surface area contributed by atoms with Gasteiger partial charge in [0.2, 0.25) is 0 Å². The van der Waals surface area contributed by atoms with Crippen LogP contribution in [0.5, 0.6) is 0 Å². The number of aromatic nitrogens is 4. The van der Waals surface area contributed by atoms with Crippen LogP contribution in [0.2, 0.25) is 0 Å². The van der Waals surface area contributed by atoms with Crippen LogP contribution >= 0.6 is 0 Å². The fourth-order valence-corrected chi connectivity index (χ4v) is 3.59. The summed E-state index contributed by atoms with van der Waals surface area (Å²) in [6.07, 6.45) is 11.6. The van der Waals surface area contributed by atoms with Gasteiger partial charge in [-0.1, -0.05) is 6.42 Å². The predicted octanol–water partition coefficient (Wildman–Crippen LogP) is 1.97. The Morgan fingerprint density at radius 2 is 1.96 bits per heavy atom. The Hall–Kier alpha value is -2.08. The van der Waals surface area contributed by atoms with E-state index in [9.17, 15) is 4.79 Å². The lowest BCUT2D eigenvalue weighted by molar-refractivity contribution is 0.216. The van der Waals surface area contributed by atoms with Gasteiger partial charge in [-0.2, -0.15) is 5.10 Å². The third kappa shape index (κ3) is 3.24. The molecule has 0 bridgehead atoms. The van der Waals surface area contributed by atoms with Crippen molar-refractivity contribution in [1.82, 2.24) is 24.6 Å². The van der Waals surface area contributed by atoms with E-state index in [4.69, 9.17) is 0 Å². The molecule has 1 unspecified atom stereocenters. The molecule has 2 aliphatic rings. The van der Waals surface area contributed by atoms with E-state index in [0.717, 1.165) is 37.3 Å². The largest absolute Gasteiger partial charge is 0.294 e. The summed E-state index contributed by atoms with van der Waals surface area (Å²) >= 11 is 0. The SMILES string of the molecule is O=c1cccnn1CC1CCCN1Cc1cnc(C2CCC2)nc1. The maximum atomic E-state index is 11.9. The molecule has 24 heavy (non-hydrogen) atoms. The smallest absolute Gasteiger partial charge is 0.266 e. The lowest BCUT2D eigenvalue weighted by Crippen LogP contribution is -2.36. The maximum Gasteiger partial charge on any atom is 0.266 e. The summed E-state index contributed by atoms with van der Waals surface area (Å²) in [4.78, 5) is 23.4. The van der Waals surface area contributed by atoms with Crippen molar-refractivity contribution in [3.8, 4) is 0 Å². The molecule has 6 nitrogen and oxygen atoms in total. The van der Waals surface area contributed by atoms with E-state index in [2.05, 4.69) is 20.0 Å². The van der Waals surface area contributed by atoms with Crippen LogP contribution in [0.25, 0.3) is 0 Å². The number of hydrogen-bond donors (Lipinski definition) is 0. The summed E-state index contributed by atoms with van der Waals surface area (Å²) in [6, 6.07) is 3.61. The second-order valence-electron chi connectivity index (χ2n) is 6.89. The molecule has 0 radical (unpaired) electrons. The monoisotopic (exact) mass is 325 g/mol. The van der Waals surface area contributed by atoms with Crippen LogP contribution in [0.4, 0.5) is 0 Å². The van der Waals surface area contributed by atoms with Crippen LogP contribution in [-0.2, 0) is 13.1 Å². The zero-order chi connectivity index (χ0) is 16.4. The van der Waals surface area contributed by atoms with E-state index in [-0.39, 0.29) is 5.56 Å². The molecule has 1 atom stereocenters. The van der Waals surface area contributed by atoms with Crippen LogP contribution in [0.1, 0.15) is 49.4 Å². The molecule has 0 spiro atoms. The van der Waals surface area contributed by atoms with E-state index in [0.29, 0.717) is 18.5 Å². The summed E-state index contributed by atoms with van der Waals surface area (Å²) in [5.74, 6) is 1.58. The normalized spacial score (nSPS) is 21.8. The van der Waals surface area contributed by atoms with Gasteiger partial charge in [0.15, 0.2) is 0 Å². The highest BCUT2D eigenvalue weighted by Crippen LogP contribution is 2.34. The van der Waals surface area contributed by atoms with Crippen LogP contribution in [-0.4, -0.2) is 37.2 Å².